The van der Waals surface area contributed by atoms with Crippen LogP contribution in [0.3, 0.4) is 0 Å². The number of benzene rings is 2. The first-order valence-corrected chi connectivity index (χ1v) is 11.5. The molecule has 5 rings (SSSR count). The SMILES string of the molecule is Cc1nn(Cc2ccccc2Cl)c2sc(C(=O)N3c4ccccc4NC(=O)CC3C)cc12. The van der Waals surface area contributed by atoms with E-state index in [2.05, 4.69) is 10.4 Å². The van der Waals surface area contributed by atoms with E-state index >= 15 is 0 Å². The summed E-state index contributed by atoms with van der Waals surface area (Å²) < 4.78 is 1.90. The van der Waals surface area contributed by atoms with Crippen molar-refractivity contribution >= 4 is 56.3 Å². The number of carbonyl (C=O) groups excluding carboxylic acids is 2. The molecule has 0 fully saturated rings. The molecule has 2 amide bonds. The van der Waals surface area contributed by atoms with Crippen LogP contribution in [0.5, 0.6) is 0 Å². The van der Waals surface area contributed by atoms with Gasteiger partial charge in [-0.15, -0.1) is 11.3 Å². The van der Waals surface area contributed by atoms with Gasteiger partial charge >= 0.3 is 0 Å². The normalized spacial score (nSPS) is 16.0. The van der Waals surface area contributed by atoms with Gasteiger partial charge in [-0.1, -0.05) is 41.9 Å². The van der Waals surface area contributed by atoms with E-state index in [-0.39, 0.29) is 24.3 Å². The number of rotatable bonds is 3. The number of thiophene rings is 1. The molecule has 0 spiro atoms. The molecule has 0 saturated heterocycles. The molecule has 1 aliphatic rings. The van der Waals surface area contributed by atoms with Crippen LogP contribution < -0.4 is 10.2 Å². The maximum absolute atomic E-state index is 13.7. The summed E-state index contributed by atoms with van der Waals surface area (Å²) in [6.07, 6.45) is 0.241. The van der Waals surface area contributed by atoms with Crippen LogP contribution in [0, 0.1) is 6.92 Å². The Kier molecular flexibility index (Phi) is 5.23. The first-order chi connectivity index (χ1) is 15.4. The highest BCUT2D eigenvalue weighted by atomic mass is 35.5. The summed E-state index contributed by atoms with van der Waals surface area (Å²) in [6, 6.07) is 16.7. The number of para-hydroxylation sites is 2. The Balaban J connectivity index is 1.55. The highest BCUT2D eigenvalue weighted by molar-refractivity contribution is 7.20. The number of aryl methyl sites for hydroxylation is 1. The Bertz CT molecular complexity index is 1360. The number of carbonyl (C=O) groups is 2. The smallest absolute Gasteiger partial charge is 0.268 e. The molecule has 6 nitrogen and oxygen atoms in total. The van der Waals surface area contributed by atoms with Crippen LogP contribution in [-0.4, -0.2) is 27.6 Å². The zero-order chi connectivity index (χ0) is 22.4. The Morgan fingerprint density at radius 1 is 1.22 bits per heavy atom. The Hall–Kier alpha value is -3.16. The van der Waals surface area contributed by atoms with Crippen LogP contribution in [0.15, 0.2) is 54.6 Å². The molecule has 4 aromatic rings. The third-order valence-corrected chi connectivity index (χ3v) is 7.18. The van der Waals surface area contributed by atoms with Crippen LogP contribution in [0.25, 0.3) is 10.2 Å². The second kappa shape index (κ2) is 8.07. The number of aromatic nitrogens is 2. The van der Waals surface area contributed by atoms with Crippen LogP contribution >= 0.6 is 22.9 Å². The van der Waals surface area contributed by atoms with Gasteiger partial charge in [-0.2, -0.15) is 5.10 Å². The average molecular weight is 465 g/mol. The predicted molar refractivity (Wildman–Crippen MR) is 129 cm³/mol. The largest absolute Gasteiger partial charge is 0.324 e. The van der Waals surface area contributed by atoms with Crippen LogP contribution in [0.4, 0.5) is 11.4 Å². The number of amides is 2. The van der Waals surface area contributed by atoms with Gasteiger partial charge in [-0.25, -0.2) is 0 Å². The summed E-state index contributed by atoms with van der Waals surface area (Å²) in [5.41, 5.74) is 3.20. The molecule has 3 heterocycles. The van der Waals surface area contributed by atoms with Crippen LogP contribution in [-0.2, 0) is 11.3 Å². The summed E-state index contributed by atoms with van der Waals surface area (Å²) in [6.45, 7) is 4.37. The van der Waals surface area contributed by atoms with Crippen LogP contribution in [0.2, 0.25) is 5.02 Å². The Labute approximate surface area is 194 Å². The quantitative estimate of drug-likeness (QED) is 0.436. The molecule has 0 aliphatic carbocycles. The molecule has 2 aromatic heterocycles. The third kappa shape index (κ3) is 3.57. The number of hydrogen-bond donors (Lipinski definition) is 1. The first-order valence-electron chi connectivity index (χ1n) is 10.3. The Morgan fingerprint density at radius 3 is 2.78 bits per heavy atom. The van der Waals surface area contributed by atoms with Crippen molar-refractivity contribution in [2.45, 2.75) is 32.9 Å². The number of halogens is 1. The van der Waals surface area contributed by atoms with Crippen molar-refractivity contribution in [2.75, 3.05) is 10.2 Å². The zero-order valence-electron chi connectivity index (χ0n) is 17.6. The summed E-state index contributed by atoms with van der Waals surface area (Å²) in [7, 11) is 0. The number of nitrogens with one attached hydrogen (secondary N) is 1. The van der Waals surface area contributed by atoms with Crippen molar-refractivity contribution < 1.29 is 9.59 Å². The minimum atomic E-state index is -0.267. The van der Waals surface area contributed by atoms with E-state index in [4.69, 9.17) is 11.6 Å². The molecular formula is C24H21ClN4O2S. The number of hydrogen-bond acceptors (Lipinski definition) is 4. The van der Waals surface area contributed by atoms with Gasteiger partial charge in [0.1, 0.15) is 4.83 Å². The fraction of sp³-hybridized carbons (Fsp3) is 0.208. The fourth-order valence-corrected chi connectivity index (χ4v) is 5.42. The molecule has 0 bridgehead atoms. The predicted octanol–water partition coefficient (Wildman–Crippen LogP) is 5.49. The topological polar surface area (TPSA) is 67.2 Å². The van der Waals surface area contributed by atoms with Gasteiger partial charge < -0.3 is 10.2 Å². The van der Waals surface area contributed by atoms with Gasteiger partial charge in [0, 0.05) is 22.9 Å². The van der Waals surface area contributed by atoms with Gasteiger partial charge in [-0.3, -0.25) is 14.3 Å². The molecule has 0 radical (unpaired) electrons. The molecule has 2 aromatic carbocycles. The van der Waals surface area contributed by atoms with Crippen molar-refractivity contribution in [3.63, 3.8) is 0 Å². The highest BCUT2D eigenvalue weighted by Crippen LogP contribution is 2.36. The van der Waals surface area contributed by atoms with Gasteiger partial charge in [-0.05, 0) is 43.7 Å². The summed E-state index contributed by atoms with van der Waals surface area (Å²) in [5, 5.41) is 9.21. The van der Waals surface area contributed by atoms with Crippen molar-refractivity contribution in [3.8, 4) is 0 Å². The molecule has 162 valence electrons. The van der Waals surface area contributed by atoms with Gasteiger partial charge in [0.25, 0.3) is 5.91 Å². The number of anilines is 2. The second-order valence-corrected chi connectivity index (χ2v) is 9.40. The van der Waals surface area contributed by atoms with E-state index in [1.165, 1.54) is 11.3 Å². The maximum Gasteiger partial charge on any atom is 0.268 e. The average Bonchev–Trinajstić information content (AvgIpc) is 3.28. The molecule has 1 atom stereocenters. The molecule has 32 heavy (non-hydrogen) atoms. The maximum atomic E-state index is 13.7. The fourth-order valence-electron chi connectivity index (χ4n) is 4.13. The molecule has 1 aliphatic heterocycles. The van der Waals surface area contributed by atoms with E-state index < -0.39 is 0 Å². The summed E-state index contributed by atoms with van der Waals surface area (Å²) >= 11 is 7.77. The number of fused-ring (bicyclic) bond motifs is 2. The first kappa shape index (κ1) is 20.7. The lowest BCUT2D eigenvalue weighted by Crippen LogP contribution is -2.38. The second-order valence-electron chi connectivity index (χ2n) is 7.96. The highest BCUT2D eigenvalue weighted by Gasteiger charge is 2.31. The van der Waals surface area contributed by atoms with Crippen LogP contribution in [0.1, 0.15) is 34.3 Å². The van der Waals surface area contributed by atoms with Gasteiger partial charge in [0.15, 0.2) is 0 Å². The van der Waals surface area contributed by atoms with E-state index in [1.54, 1.807) is 4.90 Å². The Morgan fingerprint density at radius 2 is 1.97 bits per heavy atom. The summed E-state index contributed by atoms with van der Waals surface area (Å²) in [5.74, 6) is -0.214. The monoisotopic (exact) mass is 464 g/mol. The van der Waals surface area contributed by atoms with E-state index in [0.29, 0.717) is 27.8 Å². The van der Waals surface area contributed by atoms with Crippen molar-refractivity contribution in [2.24, 2.45) is 0 Å². The van der Waals surface area contributed by atoms with Gasteiger partial charge in [0.05, 0.1) is 28.5 Å². The molecule has 1 unspecified atom stereocenters. The van der Waals surface area contributed by atoms with Crippen molar-refractivity contribution in [1.29, 1.82) is 0 Å². The van der Waals surface area contributed by atoms with E-state index in [1.807, 2.05) is 73.1 Å². The molecular weight excluding hydrogens is 444 g/mol. The van der Waals surface area contributed by atoms with Crippen molar-refractivity contribution in [3.05, 3.63) is 75.8 Å². The lowest BCUT2D eigenvalue weighted by molar-refractivity contribution is -0.116. The minimum Gasteiger partial charge on any atom is -0.324 e. The lowest BCUT2D eigenvalue weighted by Gasteiger charge is -2.27. The van der Waals surface area contributed by atoms with E-state index in [0.717, 1.165) is 21.5 Å². The standard InChI is InChI=1S/C24H21ClN4O2S/c1-14-11-22(30)26-19-9-5-6-10-20(19)29(14)23(31)21-12-17-15(2)27-28(24(17)32-21)13-16-7-3-4-8-18(16)25/h3-10,12,14H,11,13H2,1-2H3,(H,26,30). The molecule has 8 heteroatoms. The number of nitrogens with zero attached hydrogens (tertiary/aromatic N) is 3. The molecule has 1 N–H and O–H groups in total. The lowest BCUT2D eigenvalue weighted by atomic mass is 10.1. The van der Waals surface area contributed by atoms with Gasteiger partial charge in [0.2, 0.25) is 5.91 Å². The summed E-state index contributed by atoms with van der Waals surface area (Å²) in [4.78, 5) is 29.2. The molecule has 0 saturated carbocycles. The third-order valence-electron chi connectivity index (χ3n) is 5.67. The zero-order valence-corrected chi connectivity index (χ0v) is 19.2. The van der Waals surface area contributed by atoms with Crippen molar-refractivity contribution in [1.82, 2.24) is 9.78 Å². The van der Waals surface area contributed by atoms with E-state index in [9.17, 15) is 9.59 Å². The minimum absolute atomic E-state index is 0.0946.